The summed E-state index contributed by atoms with van der Waals surface area (Å²) in [6.45, 7) is 3.83. The molecule has 5 nitrogen and oxygen atoms in total. The van der Waals surface area contributed by atoms with E-state index in [9.17, 15) is 9.59 Å². The number of carbonyl (C=O) groups is 2. The number of nitrogens with one attached hydrogen (secondary N) is 1. The monoisotopic (exact) mass is 365 g/mol. The van der Waals surface area contributed by atoms with Crippen LogP contribution in [-0.2, 0) is 11.2 Å². The van der Waals surface area contributed by atoms with Crippen LogP contribution < -0.4 is 11.1 Å². The smallest absolute Gasteiger partial charge is 0.253 e. The lowest BCUT2D eigenvalue weighted by Gasteiger charge is -2.30. The minimum Gasteiger partial charge on any atom is -0.399 e. The van der Waals surface area contributed by atoms with Crippen molar-refractivity contribution >= 4 is 23.2 Å². The number of anilines is 2. The van der Waals surface area contributed by atoms with Crippen molar-refractivity contribution in [2.45, 2.75) is 32.6 Å². The lowest BCUT2D eigenvalue weighted by molar-refractivity contribution is -0.116. The van der Waals surface area contributed by atoms with Crippen molar-refractivity contribution in [3.05, 3.63) is 59.7 Å². The zero-order chi connectivity index (χ0) is 19.2. The van der Waals surface area contributed by atoms with Crippen LogP contribution in [-0.4, -0.2) is 29.8 Å². The first-order valence-corrected chi connectivity index (χ1v) is 9.55. The molecule has 27 heavy (non-hydrogen) atoms. The molecule has 2 amide bonds. The van der Waals surface area contributed by atoms with Gasteiger partial charge in [0.25, 0.3) is 5.91 Å². The Kier molecular flexibility index (Phi) is 6.12. The molecule has 3 rings (SSSR count). The van der Waals surface area contributed by atoms with E-state index in [-0.39, 0.29) is 11.8 Å². The SMILES string of the molecule is CC1CCN(C(=O)c2cccc(NC(=O)CCc3ccc(N)cc3)c2)CC1. The largest absolute Gasteiger partial charge is 0.399 e. The van der Waals surface area contributed by atoms with Crippen molar-refractivity contribution in [2.75, 3.05) is 24.1 Å². The summed E-state index contributed by atoms with van der Waals surface area (Å²) in [4.78, 5) is 26.8. The highest BCUT2D eigenvalue weighted by Crippen LogP contribution is 2.20. The number of hydrogen-bond acceptors (Lipinski definition) is 3. The molecule has 1 aliphatic heterocycles. The molecule has 0 radical (unpaired) electrons. The molecule has 0 aliphatic carbocycles. The van der Waals surface area contributed by atoms with Crippen LogP contribution in [0.1, 0.15) is 42.1 Å². The number of carbonyl (C=O) groups excluding carboxylic acids is 2. The molecule has 5 heteroatoms. The lowest BCUT2D eigenvalue weighted by atomic mass is 9.98. The third-order valence-corrected chi connectivity index (χ3v) is 5.08. The number of hydrogen-bond donors (Lipinski definition) is 2. The van der Waals surface area contributed by atoms with Crippen molar-refractivity contribution in [3.63, 3.8) is 0 Å². The molecule has 0 spiro atoms. The van der Waals surface area contributed by atoms with E-state index in [2.05, 4.69) is 12.2 Å². The van der Waals surface area contributed by atoms with Crippen LogP contribution in [0.3, 0.4) is 0 Å². The third-order valence-electron chi connectivity index (χ3n) is 5.08. The fraction of sp³-hybridized carbons (Fsp3) is 0.364. The van der Waals surface area contributed by atoms with Crippen molar-refractivity contribution < 1.29 is 9.59 Å². The minimum atomic E-state index is -0.0665. The summed E-state index contributed by atoms with van der Waals surface area (Å²) in [6, 6.07) is 14.7. The third kappa shape index (κ3) is 5.33. The number of aryl methyl sites for hydroxylation is 1. The Morgan fingerprint density at radius 3 is 2.52 bits per heavy atom. The van der Waals surface area contributed by atoms with Gasteiger partial charge in [-0.1, -0.05) is 25.1 Å². The number of benzene rings is 2. The van der Waals surface area contributed by atoms with Gasteiger partial charge >= 0.3 is 0 Å². The number of piperidine rings is 1. The normalized spacial score (nSPS) is 14.8. The Bertz CT molecular complexity index is 793. The molecular formula is C22H27N3O2. The van der Waals surface area contributed by atoms with Gasteiger partial charge in [-0.15, -0.1) is 0 Å². The standard InChI is InChI=1S/C22H27N3O2/c1-16-11-13-25(14-12-16)22(27)18-3-2-4-20(15-18)24-21(26)10-7-17-5-8-19(23)9-6-17/h2-6,8-9,15-16H,7,10-14,23H2,1H3,(H,24,26). The Hall–Kier alpha value is -2.82. The average molecular weight is 365 g/mol. The molecule has 142 valence electrons. The summed E-state index contributed by atoms with van der Waals surface area (Å²) in [5, 5.41) is 2.89. The summed E-state index contributed by atoms with van der Waals surface area (Å²) in [7, 11) is 0. The molecule has 3 N–H and O–H groups in total. The zero-order valence-electron chi connectivity index (χ0n) is 15.8. The van der Waals surface area contributed by atoms with Gasteiger partial charge in [0.15, 0.2) is 0 Å². The number of rotatable bonds is 5. The van der Waals surface area contributed by atoms with E-state index in [1.807, 2.05) is 47.4 Å². The van der Waals surface area contributed by atoms with Crippen LogP contribution in [0.5, 0.6) is 0 Å². The fourth-order valence-electron chi connectivity index (χ4n) is 3.29. The van der Waals surface area contributed by atoms with Crippen LogP contribution in [0.4, 0.5) is 11.4 Å². The summed E-state index contributed by atoms with van der Waals surface area (Å²) in [6.07, 6.45) is 3.13. The maximum Gasteiger partial charge on any atom is 0.253 e. The summed E-state index contributed by atoms with van der Waals surface area (Å²) < 4.78 is 0. The maximum atomic E-state index is 12.7. The Balaban J connectivity index is 1.55. The molecule has 0 unspecified atom stereocenters. The highest BCUT2D eigenvalue weighted by Gasteiger charge is 2.21. The van der Waals surface area contributed by atoms with Gasteiger partial charge in [0, 0.05) is 36.4 Å². The quantitative estimate of drug-likeness (QED) is 0.793. The molecule has 1 aliphatic rings. The number of nitrogens with zero attached hydrogens (tertiary/aromatic N) is 1. The van der Waals surface area contributed by atoms with Gasteiger partial charge in [0.2, 0.25) is 5.91 Å². The second-order valence-corrected chi connectivity index (χ2v) is 7.35. The highest BCUT2D eigenvalue weighted by molar-refractivity contribution is 5.97. The average Bonchev–Trinajstić information content (AvgIpc) is 2.68. The molecule has 2 aromatic rings. The van der Waals surface area contributed by atoms with Gasteiger partial charge in [-0.3, -0.25) is 9.59 Å². The van der Waals surface area contributed by atoms with Crippen LogP contribution in [0, 0.1) is 5.92 Å². The van der Waals surface area contributed by atoms with Gasteiger partial charge in [-0.25, -0.2) is 0 Å². The van der Waals surface area contributed by atoms with Gasteiger partial charge in [0.05, 0.1) is 0 Å². The van der Waals surface area contributed by atoms with Gasteiger partial charge in [0.1, 0.15) is 0 Å². The van der Waals surface area contributed by atoms with Crippen molar-refractivity contribution in [3.8, 4) is 0 Å². The highest BCUT2D eigenvalue weighted by atomic mass is 16.2. The second kappa shape index (κ2) is 8.71. The van der Waals surface area contributed by atoms with E-state index in [4.69, 9.17) is 5.73 Å². The Morgan fingerprint density at radius 2 is 1.81 bits per heavy atom. The van der Waals surface area contributed by atoms with Crippen LogP contribution >= 0.6 is 0 Å². The molecule has 0 aromatic heterocycles. The second-order valence-electron chi connectivity index (χ2n) is 7.35. The molecule has 1 saturated heterocycles. The number of amides is 2. The molecule has 0 saturated carbocycles. The van der Waals surface area contributed by atoms with E-state index < -0.39 is 0 Å². The molecule has 1 fully saturated rings. The predicted molar refractivity (Wildman–Crippen MR) is 109 cm³/mol. The van der Waals surface area contributed by atoms with Gasteiger partial charge in [-0.2, -0.15) is 0 Å². The van der Waals surface area contributed by atoms with Crippen molar-refractivity contribution in [1.82, 2.24) is 4.90 Å². The number of likely N-dealkylation sites (tertiary alicyclic amines) is 1. The lowest BCUT2D eigenvalue weighted by Crippen LogP contribution is -2.37. The summed E-state index contributed by atoms with van der Waals surface area (Å²) in [5.74, 6) is 0.656. The van der Waals surface area contributed by atoms with E-state index in [0.717, 1.165) is 31.5 Å². The van der Waals surface area contributed by atoms with E-state index in [0.29, 0.717) is 35.7 Å². The number of nitrogens with two attached hydrogens (primary N) is 1. The van der Waals surface area contributed by atoms with E-state index in [1.54, 1.807) is 6.07 Å². The Labute approximate surface area is 160 Å². The topological polar surface area (TPSA) is 75.4 Å². The van der Waals surface area contributed by atoms with Crippen molar-refractivity contribution in [1.29, 1.82) is 0 Å². The van der Waals surface area contributed by atoms with Crippen LogP contribution in [0.25, 0.3) is 0 Å². The molecule has 0 bridgehead atoms. The zero-order valence-corrected chi connectivity index (χ0v) is 15.8. The van der Waals surface area contributed by atoms with Gasteiger partial charge < -0.3 is 16.0 Å². The summed E-state index contributed by atoms with van der Waals surface area (Å²) >= 11 is 0. The van der Waals surface area contributed by atoms with E-state index in [1.165, 1.54) is 0 Å². The van der Waals surface area contributed by atoms with Crippen LogP contribution in [0.2, 0.25) is 0 Å². The Morgan fingerprint density at radius 1 is 1.11 bits per heavy atom. The first kappa shape index (κ1) is 19.0. The number of nitrogen functional groups attached to an aromatic ring is 1. The maximum absolute atomic E-state index is 12.7. The predicted octanol–water partition coefficient (Wildman–Crippen LogP) is 3.71. The summed E-state index contributed by atoms with van der Waals surface area (Å²) in [5.41, 5.74) is 8.75. The minimum absolute atomic E-state index is 0.0415. The molecule has 0 atom stereocenters. The van der Waals surface area contributed by atoms with Gasteiger partial charge in [-0.05, 0) is 61.1 Å². The van der Waals surface area contributed by atoms with E-state index >= 15 is 0 Å². The molecule has 1 heterocycles. The molecular weight excluding hydrogens is 338 g/mol. The first-order valence-electron chi connectivity index (χ1n) is 9.55. The van der Waals surface area contributed by atoms with Crippen LogP contribution in [0.15, 0.2) is 48.5 Å². The first-order chi connectivity index (χ1) is 13.0. The fourth-order valence-corrected chi connectivity index (χ4v) is 3.29. The molecule has 2 aromatic carbocycles. The van der Waals surface area contributed by atoms with Crippen molar-refractivity contribution in [2.24, 2.45) is 5.92 Å².